The van der Waals surface area contributed by atoms with Crippen molar-refractivity contribution in [1.29, 1.82) is 0 Å². The number of hydrogen-bond acceptors (Lipinski definition) is 2. The molecule has 1 heterocycles. The summed E-state index contributed by atoms with van der Waals surface area (Å²) < 4.78 is 0. The second-order valence-corrected chi connectivity index (χ2v) is 5.59. The zero-order valence-corrected chi connectivity index (χ0v) is 9.51. The van der Waals surface area contributed by atoms with Crippen LogP contribution in [0.2, 0.25) is 0 Å². The molecule has 1 aliphatic rings. The largest absolute Gasteiger partial charge is 0.329 e. The fraction of sp³-hybridized carbons (Fsp3) is 1.00. The lowest BCUT2D eigenvalue weighted by Gasteiger charge is -2.50. The van der Waals surface area contributed by atoms with Gasteiger partial charge in [0, 0.05) is 25.7 Å². The Hall–Kier alpha value is -0.0800. The molecule has 1 rings (SSSR count). The summed E-state index contributed by atoms with van der Waals surface area (Å²) in [5.74, 6) is 0.761. The molecule has 0 saturated carbocycles. The van der Waals surface area contributed by atoms with E-state index in [0.717, 1.165) is 12.5 Å². The monoisotopic (exact) mass is 184 g/mol. The predicted octanol–water partition coefficient (Wildman–Crippen LogP) is 1.70. The van der Waals surface area contributed by atoms with Gasteiger partial charge in [0.25, 0.3) is 0 Å². The molecule has 0 aromatic rings. The van der Waals surface area contributed by atoms with Gasteiger partial charge in [-0.3, -0.25) is 4.90 Å². The van der Waals surface area contributed by atoms with Crippen LogP contribution in [0.3, 0.4) is 0 Å². The highest BCUT2D eigenvalue weighted by atomic mass is 15.2. The van der Waals surface area contributed by atoms with Crippen molar-refractivity contribution in [2.24, 2.45) is 17.1 Å². The average molecular weight is 184 g/mol. The van der Waals surface area contributed by atoms with Gasteiger partial charge in [-0.1, -0.05) is 27.7 Å². The predicted molar refractivity (Wildman–Crippen MR) is 57.7 cm³/mol. The molecule has 1 unspecified atom stereocenters. The van der Waals surface area contributed by atoms with Crippen molar-refractivity contribution in [3.05, 3.63) is 0 Å². The lowest BCUT2D eigenvalue weighted by atomic mass is 9.82. The van der Waals surface area contributed by atoms with Gasteiger partial charge in [-0.25, -0.2) is 0 Å². The number of hydrogen-bond donors (Lipinski definition) is 1. The Labute approximate surface area is 82.5 Å². The molecule has 0 radical (unpaired) electrons. The van der Waals surface area contributed by atoms with Crippen molar-refractivity contribution in [2.45, 2.75) is 40.2 Å². The van der Waals surface area contributed by atoms with E-state index in [-0.39, 0.29) is 0 Å². The van der Waals surface area contributed by atoms with Gasteiger partial charge in [0.05, 0.1) is 0 Å². The minimum absolute atomic E-state index is 0.532. The fourth-order valence-corrected chi connectivity index (χ4v) is 2.25. The van der Waals surface area contributed by atoms with Gasteiger partial charge in [0.15, 0.2) is 0 Å². The van der Waals surface area contributed by atoms with E-state index >= 15 is 0 Å². The first-order valence-corrected chi connectivity index (χ1v) is 5.39. The van der Waals surface area contributed by atoms with Crippen molar-refractivity contribution < 1.29 is 0 Å². The zero-order valence-electron chi connectivity index (χ0n) is 9.51. The molecule has 2 heteroatoms. The van der Waals surface area contributed by atoms with Gasteiger partial charge in [-0.15, -0.1) is 0 Å². The minimum Gasteiger partial charge on any atom is -0.329 e. The van der Waals surface area contributed by atoms with Gasteiger partial charge in [-0.2, -0.15) is 0 Å². The Kier molecular flexibility index (Phi) is 3.36. The van der Waals surface area contributed by atoms with Crippen molar-refractivity contribution in [1.82, 2.24) is 4.90 Å². The third-order valence-corrected chi connectivity index (χ3v) is 2.79. The van der Waals surface area contributed by atoms with E-state index < -0.39 is 0 Å². The summed E-state index contributed by atoms with van der Waals surface area (Å²) >= 11 is 0. The number of likely N-dealkylation sites (tertiary alicyclic amines) is 1. The molecule has 0 aliphatic carbocycles. The van der Waals surface area contributed by atoms with Crippen LogP contribution in [0.4, 0.5) is 0 Å². The summed E-state index contributed by atoms with van der Waals surface area (Å²) in [7, 11) is 0. The van der Waals surface area contributed by atoms with Crippen LogP contribution in [0.5, 0.6) is 0 Å². The number of nitrogens with two attached hydrogens (primary N) is 1. The van der Waals surface area contributed by atoms with Crippen LogP contribution >= 0.6 is 0 Å². The Morgan fingerprint density at radius 2 is 1.85 bits per heavy atom. The molecule has 0 amide bonds. The second-order valence-electron chi connectivity index (χ2n) is 5.59. The van der Waals surface area contributed by atoms with Crippen LogP contribution in [0.1, 0.15) is 34.1 Å². The number of nitrogens with zero attached hydrogens (tertiary/aromatic N) is 1. The summed E-state index contributed by atoms with van der Waals surface area (Å²) in [5, 5.41) is 0. The van der Waals surface area contributed by atoms with E-state index in [2.05, 4.69) is 32.6 Å². The molecule has 0 spiro atoms. The highest BCUT2D eigenvalue weighted by molar-refractivity contribution is 4.92. The lowest BCUT2D eigenvalue weighted by Crippen LogP contribution is -2.59. The molecule has 2 N–H and O–H groups in total. The van der Waals surface area contributed by atoms with E-state index in [1.165, 1.54) is 19.5 Å². The fourth-order valence-electron chi connectivity index (χ4n) is 2.25. The molecule has 1 aliphatic heterocycles. The van der Waals surface area contributed by atoms with Crippen LogP contribution in [-0.2, 0) is 0 Å². The molecule has 0 bridgehead atoms. The highest BCUT2D eigenvalue weighted by Crippen LogP contribution is 2.31. The summed E-state index contributed by atoms with van der Waals surface area (Å²) in [6, 6.07) is 0.619. The Morgan fingerprint density at radius 3 is 2.15 bits per heavy atom. The Balaban J connectivity index is 2.33. The van der Waals surface area contributed by atoms with Gasteiger partial charge < -0.3 is 5.73 Å². The molecule has 0 aromatic heterocycles. The molecule has 1 atom stereocenters. The third-order valence-electron chi connectivity index (χ3n) is 2.79. The molecular formula is C11H24N2. The van der Waals surface area contributed by atoms with E-state index in [1.54, 1.807) is 0 Å². The van der Waals surface area contributed by atoms with Crippen molar-refractivity contribution in [2.75, 3.05) is 19.6 Å². The van der Waals surface area contributed by atoms with Crippen LogP contribution in [-0.4, -0.2) is 30.6 Å². The Morgan fingerprint density at radius 1 is 1.31 bits per heavy atom. The van der Waals surface area contributed by atoms with Crippen LogP contribution in [0.25, 0.3) is 0 Å². The quantitative estimate of drug-likeness (QED) is 0.720. The minimum atomic E-state index is 0.532. The average Bonchev–Trinajstić information content (AvgIpc) is 1.95. The second kappa shape index (κ2) is 3.97. The van der Waals surface area contributed by atoms with Gasteiger partial charge in [0.2, 0.25) is 0 Å². The van der Waals surface area contributed by atoms with Crippen molar-refractivity contribution >= 4 is 0 Å². The molecule has 13 heavy (non-hydrogen) atoms. The summed E-state index contributed by atoms with van der Waals surface area (Å²) in [6.07, 6.45) is 1.24. The van der Waals surface area contributed by atoms with E-state index in [1.807, 2.05) is 0 Å². The van der Waals surface area contributed by atoms with Crippen molar-refractivity contribution in [3.8, 4) is 0 Å². The molecule has 1 fully saturated rings. The standard InChI is InChI=1S/C11H24N2/c1-9(2)5-10(6-12)13-7-11(3,4)8-13/h9-10H,5-8,12H2,1-4H3. The van der Waals surface area contributed by atoms with Crippen LogP contribution < -0.4 is 5.73 Å². The van der Waals surface area contributed by atoms with Gasteiger partial charge in [-0.05, 0) is 17.8 Å². The lowest BCUT2D eigenvalue weighted by molar-refractivity contribution is -0.00933. The summed E-state index contributed by atoms with van der Waals surface area (Å²) in [6.45, 7) is 12.5. The first-order valence-electron chi connectivity index (χ1n) is 5.39. The smallest absolute Gasteiger partial charge is 0.0221 e. The highest BCUT2D eigenvalue weighted by Gasteiger charge is 2.37. The normalized spacial score (nSPS) is 24.5. The van der Waals surface area contributed by atoms with Gasteiger partial charge >= 0.3 is 0 Å². The molecule has 78 valence electrons. The van der Waals surface area contributed by atoms with E-state index in [9.17, 15) is 0 Å². The molecule has 0 aromatic carbocycles. The molecular weight excluding hydrogens is 160 g/mol. The summed E-state index contributed by atoms with van der Waals surface area (Å²) in [5.41, 5.74) is 6.31. The van der Waals surface area contributed by atoms with Crippen molar-refractivity contribution in [3.63, 3.8) is 0 Å². The first-order chi connectivity index (χ1) is 5.94. The van der Waals surface area contributed by atoms with Crippen LogP contribution in [0, 0.1) is 11.3 Å². The summed E-state index contributed by atoms with van der Waals surface area (Å²) in [4.78, 5) is 2.53. The molecule has 2 nitrogen and oxygen atoms in total. The van der Waals surface area contributed by atoms with Crippen LogP contribution in [0.15, 0.2) is 0 Å². The van der Waals surface area contributed by atoms with E-state index in [0.29, 0.717) is 11.5 Å². The van der Waals surface area contributed by atoms with Gasteiger partial charge in [0.1, 0.15) is 0 Å². The first kappa shape index (κ1) is 11.0. The maximum atomic E-state index is 5.78. The van der Waals surface area contributed by atoms with E-state index in [4.69, 9.17) is 5.73 Å². The number of rotatable bonds is 4. The maximum Gasteiger partial charge on any atom is 0.0221 e. The maximum absolute atomic E-state index is 5.78. The third kappa shape index (κ3) is 2.96. The zero-order chi connectivity index (χ0) is 10.1. The topological polar surface area (TPSA) is 29.3 Å². The Bertz CT molecular complexity index is 155. The molecule has 1 saturated heterocycles. The SMILES string of the molecule is CC(C)CC(CN)N1CC(C)(C)C1.